The molecule has 2 N–H and O–H groups in total. The van der Waals surface area contributed by atoms with E-state index in [2.05, 4.69) is 15.3 Å². The van der Waals surface area contributed by atoms with E-state index < -0.39 is 27.6 Å². The molecule has 2 saturated heterocycles. The van der Waals surface area contributed by atoms with Crippen molar-refractivity contribution in [1.82, 2.24) is 29.4 Å². The Morgan fingerprint density at radius 1 is 1.15 bits per heavy atom. The van der Waals surface area contributed by atoms with Crippen LogP contribution in [0.4, 0.5) is 4.79 Å². The number of carbonyl (C=O) groups excluding carboxylic acids is 3. The summed E-state index contributed by atoms with van der Waals surface area (Å²) >= 11 is 0. The second kappa shape index (κ2) is 7.80. The molecule has 0 aromatic carbocycles. The molecule has 1 atom stereocenters. The molecule has 0 bridgehead atoms. The molecule has 3 aliphatic rings. The van der Waals surface area contributed by atoms with Crippen molar-refractivity contribution in [3.05, 3.63) is 24.5 Å². The van der Waals surface area contributed by atoms with Gasteiger partial charge in [0.15, 0.2) is 0 Å². The number of rotatable bonds is 4. The van der Waals surface area contributed by atoms with E-state index in [1.807, 2.05) is 0 Å². The molecule has 0 radical (unpaired) electrons. The minimum atomic E-state index is -3.77. The van der Waals surface area contributed by atoms with Crippen molar-refractivity contribution >= 4 is 38.9 Å². The van der Waals surface area contributed by atoms with Crippen molar-refractivity contribution in [2.75, 3.05) is 26.2 Å². The molecular formula is C21H26N6O5S. The summed E-state index contributed by atoms with van der Waals surface area (Å²) in [6.07, 6.45) is 5.93. The Bertz CT molecular complexity index is 1230. The Morgan fingerprint density at radius 3 is 2.55 bits per heavy atom. The molecule has 1 unspecified atom stereocenters. The summed E-state index contributed by atoms with van der Waals surface area (Å²) in [5, 5.41) is 3.31. The molecule has 11 nitrogen and oxygen atoms in total. The Kier molecular flexibility index (Phi) is 5.16. The van der Waals surface area contributed by atoms with E-state index in [0.29, 0.717) is 23.9 Å². The Balaban J connectivity index is 1.27. The van der Waals surface area contributed by atoms with Gasteiger partial charge >= 0.3 is 6.03 Å². The molecule has 3 fully saturated rings. The highest BCUT2D eigenvalue weighted by atomic mass is 32.2. The van der Waals surface area contributed by atoms with E-state index in [1.165, 1.54) is 15.4 Å². The maximum atomic E-state index is 13.2. The third kappa shape index (κ3) is 3.39. The van der Waals surface area contributed by atoms with Crippen LogP contribution in [0, 0.1) is 0 Å². The number of imide groups is 1. The molecule has 1 aliphatic carbocycles. The first-order valence-corrected chi connectivity index (χ1v) is 12.6. The molecule has 4 amide bonds. The van der Waals surface area contributed by atoms with Crippen LogP contribution in [0.1, 0.15) is 32.6 Å². The van der Waals surface area contributed by atoms with Gasteiger partial charge < -0.3 is 15.2 Å². The normalized spacial score (nSPS) is 22.3. The number of aromatic nitrogens is 2. The lowest BCUT2D eigenvalue weighted by Gasteiger charge is -2.36. The molecule has 4 heterocycles. The average molecular weight is 475 g/mol. The minimum Gasteiger partial charge on any atom is -0.345 e. The number of pyridine rings is 1. The second-order valence-corrected chi connectivity index (χ2v) is 10.8. The second-order valence-electron chi connectivity index (χ2n) is 8.85. The number of piperazine rings is 1. The lowest BCUT2D eigenvalue weighted by atomic mass is 9.97. The number of fused-ring (bicyclic) bond motifs is 1. The summed E-state index contributed by atoms with van der Waals surface area (Å²) in [6, 6.07) is 1.90. The fraction of sp³-hybridized carbons (Fsp3) is 0.524. The summed E-state index contributed by atoms with van der Waals surface area (Å²) in [5.74, 6) is -0.693. The van der Waals surface area contributed by atoms with Gasteiger partial charge in [0.25, 0.3) is 5.91 Å². The number of aromatic amines is 1. The van der Waals surface area contributed by atoms with Crippen molar-refractivity contribution in [2.24, 2.45) is 0 Å². The van der Waals surface area contributed by atoms with Crippen LogP contribution in [0.3, 0.4) is 0 Å². The SMILES string of the molecule is CC(C(=O)N1CCN(S(=O)(=O)c2c[nH]c3ncccc23)CC1)N1C(=O)NC2(CCCC2)C1=O. The van der Waals surface area contributed by atoms with Crippen molar-refractivity contribution in [3.63, 3.8) is 0 Å². The fourth-order valence-electron chi connectivity index (χ4n) is 5.12. The minimum absolute atomic E-state index is 0.123. The number of nitrogens with zero attached hydrogens (tertiary/aromatic N) is 4. The predicted octanol–water partition coefficient (Wildman–Crippen LogP) is 0.649. The number of nitrogens with one attached hydrogen (secondary N) is 2. The number of hydrogen-bond acceptors (Lipinski definition) is 6. The van der Waals surface area contributed by atoms with Gasteiger partial charge in [-0.05, 0) is 31.9 Å². The van der Waals surface area contributed by atoms with Crippen molar-refractivity contribution in [2.45, 2.75) is 49.1 Å². The largest absolute Gasteiger partial charge is 0.345 e. The first kappa shape index (κ1) is 21.8. The summed E-state index contributed by atoms with van der Waals surface area (Å²) in [6.45, 7) is 2.15. The highest BCUT2D eigenvalue weighted by molar-refractivity contribution is 7.89. The van der Waals surface area contributed by atoms with Crippen LogP contribution in [0.15, 0.2) is 29.4 Å². The highest BCUT2D eigenvalue weighted by Gasteiger charge is 2.55. The van der Waals surface area contributed by atoms with Gasteiger partial charge in [-0.25, -0.2) is 23.1 Å². The number of hydrogen-bond donors (Lipinski definition) is 2. The molecule has 2 aliphatic heterocycles. The topological polar surface area (TPSA) is 136 Å². The van der Waals surface area contributed by atoms with Crippen molar-refractivity contribution in [3.8, 4) is 0 Å². The van der Waals surface area contributed by atoms with Gasteiger partial charge in [-0.15, -0.1) is 0 Å². The molecule has 1 spiro atoms. The number of carbonyl (C=O) groups is 3. The molecular weight excluding hydrogens is 448 g/mol. The first-order valence-electron chi connectivity index (χ1n) is 11.1. The molecule has 2 aromatic heterocycles. The summed E-state index contributed by atoms with van der Waals surface area (Å²) < 4.78 is 27.7. The maximum Gasteiger partial charge on any atom is 0.325 e. The van der Waals surface area contributed by atoms with Gasteiger partial charge in [0.05, 0.1) is 0 Å². The summed E-state index contributed by atoms with van der Waals surface area (Å²) in [7, 11) is -3.77. The van der Waals surface area contributed by atoms with Crippen LogP contribution < -0.4 is 5.32 Å². The third-order valence-electron chi connectivity index (χ3n) is 6.98. The summed E-state index contributed by atoms with van der Waals surface area (Å²) in [5.41, 5.74) is -0.376. The van der Waals surface area contributed by atoms with Crippen LogP contribution in [0.2, 0.25) is 0 Å². The van der Waals surface area contributed by atoms with Gasteiger partial charge in [-0.2, -0.15) is 4.31 Å². The zero-order chi connectivity index (χ0) is 23.4. The average Bonchev–Trinajstić information content (AvgIpc) is 3.52. The molecule has 5 rings (SSSR count). The van der Waals surface area contributed by atoms with Gasteiger partial charge in [-0.3, -0.25) is 9.59 Å². The van der Waals surface area contributed by atoms with E-state index in [4.69, 9.17) is 0 Å². The van der Waals surface area contributed by atoms with Gasteiger partial charge in [0.2, 0.25) is 15.9 Å². The molecule has 2 aromatic rings. The van der Waals surface area contributed by atoms with E-state index >= 15 is 0 Å². The van der Waals surface area contributed by atoms with Crippen molar-refractivity contribution in [1.29, 1.82) is 0 Å². The molecule has 176 valence electrons. The highest BCUT2D eigenvalue weighted by Crippen LogP contribution is 2.36. The number of sulfonamides is 1. The maximum absolute atomic E-state index is 13.2. The van der Waals surface area contributed by atoms with Crippen LogP contribution in [0.25, 0.3) is 11.0 Å². The van der Waals surface area contributed by atoms with E-state index in [-0.39, 0.29) is 42.9 Å². The lowest BCUT2D eigenvalue weighted by Crippen LogP contribution is -2.56. The number of H-pyrrole nitrogens is 1. The van der Waals surface area contributed by atoms with Gasteiger partial charge in [0, 0.05) is 44.0 Å². The van der Waals surface area contributed by atoms with E-state index in [9.17, 15) is 22.8 Å². The Morgan fingerprint density at radius 2 is 1.85 bits per heavy atom. The number of amides is 4. The third-order valence-corrected chi connectivity index (χ3v) is 8.91. The summed E-state index contributed by atoms with van der Waals surface area (Å²) in [4.78, 5) is 48.3. The Hall–Kier alpha value is -2.99. The predicted molar refractivity (Wildman–Crippen MR) is 117 cm³/mol. The van der Waals surface area contributed by atoms with Crippen LogP contribution in [-0.2, 0) is 19.6 Å². The zero-order valence-electron chi connectivity index (χ0n) is 18.3. The van der Waals surface area contributed by atoms with Gasteiger partial charge in [0.1, 0.15) is 22.1 Å². The van der Waals surface area contributed by atoms with Crippen molar-refractivity contribution < 1.29 is 22.8 Å². The molecule has 33 heavy (non-hydrogen) atoms. The molecule has 1 saturated carbocycles. The monoisotopic (exact) mass is 474 g/mol. The first-order chi connectivity index (χ1) is 15.7. The fourth-order valence-corrected chi connectivity index (χ4v) is 6.69. The Labute approximate surface area is 191 Å². The number of urea groups is 1. The van der Waals surface area contributed by atoms with E-state index in [1.54, 1.807) is 25.3 Å². The molecule has 12 heteroatoms. The smallest absolute Gasteiger partial charge is 0.325 e. The van der Waals surface area contributed by atoms with Gasteiger partial charge in [-0.1, -0.05) is 12.8 Å². The lowest BCUT2D eigenvalue weighted by molar-refractivity contribution is -0.143. The van der Waals surface area contributed by atoms with Crippen LogP contribution >= 0.6 is 0 Å². The quantitative estimate of drug-likeness (QED) is 0.625. The van der Waals surface area contributed by atoms with E-state index in [0.717, 1.165) is 17.7 Å². The van der Waals surface area contributed by atoms with Crippen LogP contribution in [-0.4, -0.2) is 88.1 Å². The standard InChI is InChI=1S/C21H26N6O5S/c1-14(27-19(29)21(24-20(27)30)6-2-3-7-21)18(28)25-9-11-26(12-10-25)33(31,32)16-13-23-17-15(16)5-4-8-22-17/h4-5,8,13-14H,2-3,6-7,9-12H2,1H3,(H,22,23)(H,24,30). The zero-order valence-corrected chi connectivity index (χ0v) is 19.1. The van der Waals surface area contributed by atoms with Crippen LogP contribution in [0.5, 0.6) is 0 Å².